The van der Waals surface area contributed by atoms with Crippen LogP contribution in [0.2, 0.25) is 0 Å². The van der Waals surface area contributed by atoms with Crippen LogP contribution in [0, 0.1) is 0 Å². The van der Waals surface area contributed by atoms with Crippen LogP contribution in [0.4, 0.5) is 0 Å². The Morgan fingerprint density at radius 1 is 1.29 bits per heavy atom. The Morgan fingerprint density at radius 2 is 2.07 bits per heavy atom. The van der Waals surface area contributed by atoms with Gasteiger partial charge in [0.25, 0.3) is 0 Å². The van der Waals surface area contributed by atoms with E-state index in [0.717, 1.165) is 6.42 Å². The lowest BCUT2D eigenvalue weighted by molar-refractivity contribution is -0.0953. The van der Waals surface area contributed by atoms with Gasteiger partial charge in [0, 0.05) is 19.4 Å². The van der Waals surface area contributed by atoms with Gasteiger partial charge in [0.05, 0.1) is 6.26 Å². The fraction of sp³-hybridized carbons (Fsp3) is 0.333. The molecule has 0 aromatic heterocycles. The predicted molar refractivity (Wildman–Crippen MR) is 54.8 cm³/mol. The van der Waals surface area contributed by atoms with Crippen LogP contribution in [0.1, 0.15) is 17.9 Å². The van der Waals surface area contributed by atoms with E-state index in [1.54, 1.807) is 13.4 Å². The Morgan fingerprint density at radius 3 is 2.79 bits per heavy atom. The number of benzene rings is 1. The molecule has 2 nitrogen and oxygen atoms in total. The van der Waals surface area contributed by atoms with Gasteiger partial charge in [-0.15, -0.1) is 0 Å². The highest BCUT2D eigenvalue weighted by atomic mass is 16.7. The van der Waals surface area contributed by atoms with Gasteiger partial charge in [-0.25, -0.2) is 0 Å². The van der Waals surface area contributed by atoms with Crippen molar-refractivity contribution in [3.8, 4) is 0 Å². The van der Waals surface area contributed by atoms with Gasteiger partial charge in [0.15, 0.2) is 6.29 Å². The third-order valence-corrected chi connectivity index (χ3v) is 2.48. The number of hydrogen-bond acceptors (Lipinski definition) is 2. The van der Waals surface area contributed by atoms with Crippen molar-refractivity contribution in [1.82, 2.24) is 0 Å². The highest BCUT2D eigenvalue weighted by Gasteiger charge is 2.19. The van der Waals surface area contributed by atoms with Crippen molar-refractivity contribution in [2.45, 2.75) is 18.6 Å². The lowest BCUT2D eigenvalue weighted by Crippen LogP contribution is -2.19. The second-order valence-corrected chi connectivity index (χ2v) is 3.38. The molecule has 2 heteroatoms. The summed E-state index contributed by atoms with van der Waals surface area (Å²) in [6, 6.07) is 10.4. The molecule has 0 radical (unpaired) electrons. The number of rotatable bonds is 2. The molecule has 14 heavy (non-hydrogen) atoms. The summed E-state index contributed by atoms with van der Waals surface area (Å²) < 4.78 is 10.4. The van der Waals surface area contributed by atoms with E-state index in [2.05, 4.69) is 30.3 Å². The molecular weight excluding hydrogens is 176 g/mol. The molecule has 2 atom stereocenters. The van der Waals surface area contributed by atoms with Crippen molar-refractivity contribution in [3.63, 3.8) is 0 Å². The SMILES string of the molecule is COC1CC(c2ccccc2)C=CO1. The van der Waals surface area contributed by atoms with Crippen molar-refractivity contribution in [3.05, 3.63) is 48.2 Å². The van der Waals surface area contributed by atoms with Gasteiger partial charge in [-0.3, -0.25) is 0 Å². The molecule has 0 saturated heterocycles. The van der Waals surface area contributed by atoms with Gasteiger partial charge in [-0.05, 0) is 11.6 Å². The van der Waals surface area contributed by atoms with E-state index in [1.165, 1.54) is 5.56 Å². The molecule has 1 aromatic rings. The van der Waals surface area contributed by atoms with Gasteiger partial charge in [0.2, 0.25) is 0 Å². The van der Waals surface area contributed by atoms with E-state index in [1.807, 2.05) is 6.07 Å². The smallest absolute Gasteiger partial charge is 0.199 e. The molecule has 0 amide bonds. The van der Waals surface area contributed by atoms with Crippen molar-refractivity contribution >= 4 is 0 Å². The molecule has 0 spiro atoms. The summed E-state index contributed by atoms with van der Waals surface area (Å²) >= 11 is 0. The zero-order valence-electron chi connectivity index (χ0n) is 8.22. The molecule has 1 heterocycles. The van der Waals surface area contributed by atoms with Crippen molar-refractivity contribution in [2.75, 3.05) is 7.11 Å². The molecule has 0 saturated carbocycles. The Kier molecular flexibility index (Phi) is 2.84. The van der Waals surface area contributed by atoms with Gasteiger partial charge < -0.3 is 9.47 Å². The van der Waals surface area contributed by atoms with Crippen molar-refractivity contribution in [2.24, 2.45) is 0 Å². The van der Waals surface area contributed by atoms with Crippen LogP contribution in [-0.2, 0) is 9.47 Å². The molecule has 2 unspecified atom stereocenters. The number of hydrogen-bond donors (Lipinski definition) is 0. The zero-order chi connectivity index (χ0) is 9.80. The van der Waals surface area contributed by atoms with Crippen LogP contribution in [-0.4, -0.2) is 13.4 Å². The number of ether oxygens (including phenoxy) is 2. The highest BCUT2D eigenvalue weighted by Crippen LogP contribution is 2.27. The van der Waals surface area contributed by atoms with Gasteiger partial charge in [0.1, 0.15) is 0 Å². The summed E-state index contributed by atoms with van der Waals surface area (Å²) in [4.78, 5) is 0. The standard InChI is InChI=1S/C12H14O2/c1-13-12-9-11(7-8-14-12)10-5-3-2-4-6-10/h2-8,11-12H,9H2,1H3. The Balaban J connectivity index is 2.12. The van der Waals surface area contributed by atoms with Crippen LogP contribution in [0.25, 0.3) is 0 Å². The van der Waals surface area contributed by atoms with Crippen LogP contribution in [0.15, 0.2) is 42.7 Å². The van der Waals surface area contributed by atoms with E-state index in [9.17, 15) is 0 Å². The Labute approximate surface area is 84.2 Å². The van der Waals surface area contributed by atoms with Crippen LogP contribution < -0.4 is 0 Å². The average molecular weight is 190 g/mol. The summed E-state index contributed by atoms with van der Waals surface area (Å²) in [6.07, 6.45) is 4.59. The molecule has 1 aromatic carbocycles. The quantitative estimate of drug-likeness (QED) is 0.713. The van der Waals surface area contributed by atoms with Crippen LogP contribution in [0.5, 0.6) is 0 Å². The van der Waals surface area contributed by atoms with E-state index in [4.69, 9.17) is 9.47 Å². The van der Waals surface area contributed by atoms with E-state index in [0.29, 0.717) is 5.92 Å². The zero-order valence-corrected chi connectivity index (χ0v) is 8.22. The first-order chi connectivity index (χ1) is 6.90. The fourth-order valence-electron chi connectivity index (χ4n) is 1.67. The molecule has 0 fully saturated rings. The van der Waals surface area contributed by atoms with Crippen LogP contribution in [0.3, 0.4) is 0 Å². The van der Waals surface area contributed by atoms with E-state index < -0.39 is 0 Å². The lowest BCUT2D eigenvalue weighted by Gasteiger charge is -2.24. The summed E-state index contributed by atoms with van der Waals surface area (Å²) in [5, 5.41) is 0. The van der Waals surface area contributed by atoms with Crippen molar-refractivity contribution in [1.29, 1.82) is 0 Å². The third kappa shape index (κ3) is 1.96. The maximum Gasteiger partial charge on any atom is 0.199 e. The molecule has 1 aliphatic heterocycles. The largest absolute Gasteiger partial charge is 0.473 e. The normalized spacial score (nSPS) is 25.8. The van der Waals surface area contributed by atoms with Gasteiger partial charge in [-0.1, -0.05) is 30.3 Å². The summed E-state index contributed by atoms with van der Waals surface area (Å²) in [7, 11) is 1.67. The van der Waals surface area contributed by atoms with Gasteiger partial charge in [-0.2, -0.15) is 0 Å². The molecule has 0 bridgehead atoms. The first-order valence-electron chi connectivity index (χ1n) is 4.80. The lowest BCUT2D eigenvalue weighted by atomic mass is 9.94. The molecule has 1 aliphatic rings. The van der Waals surface area contributed by atoms with Crippen LogP contribution >= 0.6 is 0 Å². The third-order valence-electron chi connectivity index (χ3n) is 2.48. The average Bonchev–Trinajstić information content (AvgIpc) is 2.30. The fourth-order valence-corrected chi connectivity index (χ4v) is 1.67. The second kappa shape index (κ2) is 4.29. The Bertz CT molecular complexity index is 305. The first-order valence-corrected chi connectivity index (χ1v) is 4.80. The number of methoxy groups -OCH3 is 1. The maximum atomic E-state index is 5.28. The monoisotopic (exact) mass is 190 g/mol. The summed E-state index contributed by atoms with van der Waals surface area (Å²) in [5.41, 5.74) is 1.31. The van der Waals surface area contributed by atoms with Crippen molar-refractivity contribution < 1.29 is 9.47 Å². The highest BCUT2D eigenvalue weighted by molar-refractivity contribution is 5.24. The minimum Gasteiger partial charge on any atom is -0.473 e. The van der Waals surface area contributed by atoms with E-state index >= 15 is 0 Å². The van der Waals surface area contributed by atoms with Gasteiger partial charge >= 0.3 is 0 Å². The Hall–Kier alpha value is -1.28. The minimum atomic E-state index is -0.106. The molecule has 0 aliphatic carbocycles. The molecule has 74 valence electrons. The second-order valence-electron chi connectivity index (χ2n) is 3.38. The maximum absolute atomic E-state index is 5.28. The molecule has 0 N–H and O–H groups in total. The van der Waals surface area contributed by atoms with E-state index in [-0.39, 0.29) is 6.29 Å². The molecular formula is C12H14O2. The molecule has 2 rings (SSSR count). The summed E-state index contributed by atoms with van der Waals surface area (Å²) in [6.45, 7) is 0. The summed E-state index contributed by atoms with van der Waals surface area (Å²) in [5.74, 6) is 0.412. The first kappa shape index (κ1) is 9.28. The predicted octanol–water partition coefficient (Wildman–Crippen LogP) is 2.68. The topological polar surface area (TPSA) is 18.5 Å². The number of allylic oxidation sites excluding steroid dienone is 1. The minimum absolute atomic E-state index is 0.106.